The fourth-order valence-corrected chi connectivity index (χ4v) is 9.76. The molecular formula is C53H34N2O. The van der Waals surface area contributed by atoms with Gasteiger partial charge in [0.25, 0.3) is 0 Å². The van der Waals surface area contributed by atoms with Crippen LogP contribution in [0.25, 0.3) is 88.0 Å². The Bertz CT molecular complexity index is 3280. The zero-order chi connectivity index (χ0) is 36.8. The molecule has 0 saturated heterocycles. The highest BCUT2D eigenvalue weighted by Crippen LogP contribution is 2.58. The first kappa shape index (κ1) is 31.3. The topological polar surface area (TPSA) is 38.9 Å². The van der Waals surface area contributed by atoms with Crippen LogP contribution < -0.4 is 0 Å². The van der Waals surface area contributed by atoms with Crippen molar-refractivity contribution in [3.63, 3.8) is 0 Å². The summed E-state index contributed by atoms with van der Waals surface area (Å²) in [6.45, 7) is 0. The summed E-state index contributed by atoms with van der Waals surface area (Å²) in [7, 11) is 0. The molecule has 0 amide bonds. The highest BCUT2D eigenvalue weighted by Gasteiger charge is 2.47. The SMILES string of the molecule is C1=CC(C2(c3ccccc3)c3cc(-c4cnc5c6ccccc6c6ccccc6c5n4)ccc3-c3ccc(-c4cccc5c4oc4ccccc45)cc32)=CCC1. The molecule has 0 aliphatic heterocycles. The number of rotatable bonds is 4. The van der Waals surface area contributed by atoms with Crippen LogP contribution in [0.4, 0.5) is 0 Å². The van der Waals surface area contributed by atoms with Gasteiger partial charge in [0.1, 0.15) is 11.2 Å². The van der Waals surface area contributed by atoms with Crippen molar-refractivity contribution in [2.75, 3.05) is 0 Å². The van der Waals surface area contributed by atoms with Gasteiger partial charge in [-0.25, -0.2) is 4.98 Å². The molecule has 56 heavy (non-hydrogen) atoms. The van der Waals surface area contributed by atoms with Crippen molar-refractivity contribution in [1.82, 2.24) is 9.97 Å². The first-order chi connectivity index (χ1) is 27.8. The summed E-state index contributed by atoms with van der Waals surface area (Å²) in [4.78, 5) is 10.6. The van der Waals surface area contributed by atoms with Gasteiger partial charge < -0.3 is 4.42 Å². The first-order valence-electron chi connectivity index (χ1n) is 19.5. The Morgan fingerprint density at radius 2 is 1.14 bits per heavy atom. The van der Waals surface area contributed by atoms with Gasteiger partial charge in [-0.05, 0) is 80.8 Å². The Kier molecular flexibility index (Phi) is 6.67. The Labute approximate surface area is 323 Å². The molecule has 0 saturated carbocycles. The van der Waals surface area contributed by atoms with Crippen molar-refractivity contribution in [2.24, 2.45) is 0 Å². The molecule has 262 valence electrons. The summed E-state index contributed by atoms with van der Waals surface area (Å²) < 4.78 is 6.58. The van der Waals surface area contributed by atoms with E-state index in [2.05, 4.69) is 170 Å². The molecular weight excluding hydrogens is 681 g/mol. The monoisotopic (exact) mass is 714 g/mol. The van der Waals surface area contributed by atoms with Crippen LogP contribution >= 0.6 is 0 Å². The second kappa shape index (κ2) is 11.9. The van der Waals surface area contributed by atoms with Gasteiger partial charge in [0.15, 0.2) is 0 Å². The number of nitrogens with zero attached hydrogens (tertiary/aromatic N) is 2. The Morgan fingerprint density at radius 1 is 0.500 bits per heavy atom. The summed E-state index contributed by atoms with van der Waals surface area (Å²) in [5.41, 5.74) is 14.9. The number of fused-ring (bicyclic) bond motifs is 12. The molecule has 1 unspecified atom stereocenters. The highest BCUT2D eigenvalue weighted by atomic mass is 16.3. The third kappa shape index (κ3) is 4.34. The van der Waals surface area contributed by atoms with Crippen molar-refractivity contribution < 1.29 is 4.42 Å². The lowest BCUT2D eigenvalue weighted by Gasteiger charge is -2.36. The van der Waals surface area contributed by atoms with E-state index < -0.39 is 5.41 Å². The van der Waals surface area contributed by atoms with Gasteiger partial charge in [-0.1, -0.05) is 158 Å². The lowest BCUT2D eigenvalue weighted by molar-refractivity contribution is 0.670. The summed E-state index contributed by atoms with van der Waals surface area (Å²) in [5.74, 6) is 0. The zero-order valence-electron chi connectivity index (χ0n) is 30.5. The predicted octanol–water partition coefficient (Wildman–Crippen LogP) is 13.8. The van der Waals surface area contributed by atoms with Gasteiger partial charge in [-0.15, -0.1) is 0 Å². The molecule has 2 aromatic heterocycles. The van der Waals surface area contributed by atoms with Crippen LogP contribution in [0.3, 0.4) is 0 Å². The summed E-state index contributed by atoms with van der Waals surface area (Å²) in [6.07, 6.45) is 11.2. The number of hydrogen-bond acceptors (Lipinski definition) is 3. The van der Waals surface area contributed by atoms with Gasteiger partial charge in [0.05, 0.1) is 28.3 Å². The Hall–Kier alpha value is -7.10. The number of benzene rings is 8. The van der Waals surface area contributed by atoms with Crippen LogP contribution in [0.5, 0.6) is 0 Å². The molecule has 12 rings (SSSR count). The van der Waals surface area contributed by atoms with E-state index in [1.165, 1.54) is 44.2 Å². The highest BCUT2D eigenvalue weighted by molar-refractivity contribution is 6.23. The average Bonchev–Trinajstić information content (AvgIpc) is 3.80. The smallest absolute Gasteiger partial charge is 0.143 e. The van der Waals surface area contributed by atoms with Crippen LogP contribution in [0.15, 0.2) is 192 Å². The van der Waals surface area contributed by atoms with Crippen molar-refractivity contribution >= 4 is 54.5 Å². The molecule has 0 fully saturated rings. The normalized spacial score (nSPS) is 16.2. The zero-order valence-corrected chi connectivity index (χ0v) is 30.5. The number of hydrogen-bond donors (Lipinski definition) is 0. The van der Waals surface area contributed by atoms with E-state index in [4.69, 9.17) is 14.4 Å². The van der Waals surface area contributed by atoms with Gasteiger partial charge >= 0.3 is 0 Å². The summed E-state index contributed by atoms with van der Waals surface area (Å²) in [5, 5.41) is 6.91. The molecule has 0 N–H and O–H groups in total. The maximum absolute atomic E-state index is 6.58. The fourth-order valence-electron chi connectivity index (χ4n) is 9.76. The number of para-hydroxylation sites is 2. The predicted molar refractivity (Wildman–Crippen MR) is 231 cm³/mol. The fraction of sp³-hybridized carbons (Fsp3) is 0.0566. The van der Waals surface area contributed by atoms with Crippen LogP contribution in [-0.4, -0.2) is 9.97 Å². The van der Waals surface area contributed by atoms with E-state index in [9.17, 15) is 0 Å². The quantitative estimate of drug-likeness (QED) is 0.170. The van der Waals surface area contributed by atoms with E-state index in [0.29, 0.717) is 0 Å². The summed E-state index contributed by atoms with van der Waals surface area (Å²) in [6, 6.07) is 57.0. The minimum Gasteiger partial charge on any atom is -0.455 e. The Balaban J connectivity index is 1.11. The molecule has 2 heterocycles. The maximum atomic E-state index is 6.58. The summed E-state index contributed by atoms with van der Waals surface area (Å²) >= 11 is 0. The lowest BCUT2D eigenvalue weighted by atomic mass is 9.65. The largest absolute Gasteiger partial charge is 0.455 e. The van der Waals surface area contributed by atoms with Crippen LogP contribution in [-0.2, 0) is 5.41 Å². The molecule has 1 atom stereocenters. The minimum absolute atomic E-state index is 0.552. The lowest BCUT2D eigenvalue weighted by Crippen LogP contribution is -2.29. The third-order valence-electron chi connectivity index (χ3n) is 12.2. The molecule has 0 bridgehead atoms. The molecule has 3 heteroatoms. The molecule has 3 nitrogen and oxygen atoms in total. The second-order valence-electron chi connectivity index (χ2n) is 15.1. The number of aromatic nitrogens is 2. The molecule has 0 spiro atoms. The van der Waals surface area contributed by atoms with Gasteiger partial charge in [-0.3, -0.25) is 4.98 Å². The molecule has 2 aliphatic rings. The van der Waals surface area contributed by atoms with E-state index in [1.54, 1.807) is 0 Å². The Morgan fingerprint density at radius 3 is 1.89 bits per heavy atom. The number of allylic oxidation sites excluding steroid dienone is 4. The second-order valence-corrected chi connectivity index (χ2v) is 15.1. The minimum atomic E-state index is -0.552. The van der Waals surface area contributed by atoms with Crippen LogP contribution in [0.1, 0.15) is 29.5 Å². The maximum Gasteiger partial charge on any atom is 0.143 e. The van der Waals surface area contributed by atoms with E-state index in [1.807, 2.05) is 12.3 Å². The average molecular weight is 715 g/mol. The molecule has 8 aromatic carbocycles. The first-order valence-corrected chi connectivity index (χ1v) is 19.5. The van der Waals surface area contributed by atoms with E-state index >= 15 is 0 Å². The van der Waals surface area contributed by atoms with Crippen molar-refractivity contribution in [1.29, 1.82) is 0 Å². The number of furan rings is 1. The molecule has 2 aliphatic carbocycles. The van der Waals surface area contributed by atoms with Gasteiger partial charge in [-0.2, -0.15) is 0 Å². The standard InChI is InChI=1S/C53H34N2O/c1-3-14-35(15-4-1)53(36-16-5-2-6-17-36)46-30-33(37-23-13-24-45-42-20-11-12-25-49(42)56-52(37)45)26-28-40(46)41-29-27-34(31-47(41)53)48-32-54-50-43-21-9-7-18-38(43)39-19-8-10-22-44(39)51(50)55-48/h1,3-5,7-32H,2,6H2. The van der Waals surface area contributed by atoms with Crippen molar-refractivity contribution in [3.05, 3.63) is 204 Å². The molecule has 0 radical (unpaired) electrons. The van der Waals surface area contributed by atoms with E-state index in [0.717, 1.165) is 79.0 Å². The van der Waals surface area contributed by atoms with Crippen molar-refractivity contribution in [3.8, 4) is 33.5 Å². The molecule has 10 aromatic rings. The third-order valence-corrected chi connectivity index (χ3v) is 12.2. The van der Waals surface area contributed by atoms with Crippen LogP contribution in [0.2, 0.25) is 0 Å². The van der Waals surface area contributed by atoms with Gasteiger partial charge in [0.2, 0.25) is 0 Å². The van der Waals surface area contributed by atoms with E-state index in [-0.39, 0.29) is 0 Å². The van der Waals surface area contributed by atoms with Crippen LogP contribution in [0, 0.1) is 0 Å². The van der Waals surface area contributed by atoms with Gasteiger partial charge in [0, 0.05) is 32.7 Å². The van der Waals surface area contributed by atoms with Crippen molar-refractivity contribution in [2.45, 2.75) is 18.3 Å².